The molecule has 1 N–H and O–H groups in total. The Morgan fingerprint density at radius 3 is 2.65 bits per heavy atom. The highest BCUT2D eigenvalue weighted by molar-refractivity contribution is 5.61. The number of hydrogen-bond acceptors (Lipinski definition) is 3. The maximum atomic E-state index is 5.88. The van der Waals surface area contributed by atoms with Gasteiger partial charge in [-0.1, -0.05) is 31.2 Å². The van der Waals surface area contributed by atoms with Crippen LogP contribution in [0.3, 0.4) is 0 Å². The van der Waals surface area contributed by atoms with E-state index in [1.165, 1.54) is 5.56 Å². The lowest BCUT2D eigenvalue weighted by atomic mass is 10.0. The third-order valence-corrected chi connectivity index (χ3v) is 3.21. The van der Waals surface area contributed by atoms with Crippen molar-refractivity contribution in [2.24, 2.45) is 0 Å². The quantitative estimate of drug-likeness (QED) is 0.898. The van der Waals surface area contributed by atoms with Crippen LogP contribution in [-0.2, 0) is 12.8 Å². The maximum Gasteiger partial charge on any atom is 0.196 e. The first kappa shape index (κ1) is 14.8. The van der Waals surface area contributed by atoms with Gasteiger partial charge in [0.1, 0.15) is 0 Å². The molecule has 1 aromatic heterocycles. The van der Waals surface area contributed by atoms with E-state index in [2.05, 4.69) is 56.2 Å². The molecule has 20 heavy (non-hydrogen) atoms. The summed E-state index contributed by atoms with van der Waals surface area (Å²) in [4.78, 5) is 4.38. The molecule has 1 heterocycles. The number of nitrogens with one attached hydrogen (secondary N) is 1. The minimum Gasteiger partial charge on any atom is -0.441 e. The van der Waals surface area contributed by atoms with E-state index in [0.717, 1.165) is 36.6 Å². The van der Waals surface area contributed by atoms with Crippen LogP contribution in [0.25, 0.3) is 11.3 Å². The number of aryl methyl sites for hydroxylation is 1. The van der Waals surface area contributed by atoms with Crippen LogP contribution >= 0.6 is 0 Å². The predicted molar refractivity (Wildman–Crippen MR) is 82.8 cm³/mol. The van der Waals surface area contributed by atoms with Gasteiger partial charge < -0.3 is 9.73 Å². The molecule has 0 aliphatic rings. The Morgan fingerprint density at radius 1 is 1.20 bits per heavy atom. The Labute approximate surface area is 121 Å². The summed E-state index contributed by atoms with van der Waals surface area (Å²) in [6.45, 7) is 9.50. The zero-order valence-corrected chi connectivity index (χ0v) is 12.9. The van der Waals surface area contributed by atoms with Gasteiger partial charge in [0.2, 0.25) is 0 Å². The van der Waals surface area contributed by atoms with Crippen molar-refractivity contribution in [1.29, 1.82) is 0 Å². The minimum atomic E-state index is 0.129. The van der Waals surface area contributed by atoms with Gasteiger partial charge in [-0.05, 0) is 32.8 Å². The number of rotatable bonds is 5. The van der Waals surface area contributed by atoms with Gasteiger partial charge in [0, 0.05) is 24.1 Å². The van der Waals surface area contributed by atoms with Crippen LogP contribution in [0.1, 0.15) is 39.1 Å². The van der Waals surface area contributed by atoms with Crippen LogP contribution in [0.15, 0.2) is 34.9 Å². The molecule has 0 aliphatic heterocycles. The van der Waals surface area contributed by atoms with Gasteiger partial charge in [-0.3, -0.25) is 0 Å². The highest BCUT2D eigenvalue weighted by Gasteiger charge is 2.11. The van der Waals surface area contributed by atoms with E-state index >= 15 is 0 Å². The van der Waals surface area contributed by atoms with Crippen LogP contribution in [0, 0.1) is 0 Å². The van der Waals surface area contributed by atoms with Crippen molar-refractivity contribution in [1.82, 2.24) is 10.3 Å². The molecule has 0 spiro atoms. The fraction of sp³-hybridized carbons (Fsp3) is 0.471. The first-order valence-electron chi connectivity index (χ1n) is 7.27. The number of benzene rings is 1. The fourth-order valence-corrected chi connectivity index (χ4v) is 2.16. The Hall–Kier alpha value is -1.61. The highest BCUT2D eigenvalue weighted by Crippen LogP contribution is 2.24. The average molecular weight is 272 g/mol. The summed E-state index contributed by atoms with van der Waals surface area (Å²) in [5.74, 6) is 1.66. The van der Waals surface area contributed by atoms with Gasteiger partial charge in [-0.25, -0.2) is 4.98 Å². The molecule has 1 aromatic carbocycles. The molecule has 0 atom stereocenters. The lowest BCUT2D eigenvalue weighted by Gasteiger charge is -2.19. The molecule has 0 unspecified atom stereocenters. The van der Waals surface area contributed by atoms with Gasteiger partial charge in [0.05, 0.1) is 6.20 Å². The zero-order valence-electron chi connectivity index (χ0n) is 12.9. The summed E-state index contributed by atoms with van der Waals surface area (Å²) >= 11 is 0. The first-order valence-corrected chi connectivity index (χ1v) is 7.27. The van der Waals surface area contributed by atoms with E-state index < -0.39 is 0 Å². The Balaban J connectivity index is 2.05. The van der Waals surface area contributed by atoms with Gasteiger partial charge in [0.15, 0.2) is 11.7 Å². The van der Waals surface area contributed by atoms with E-state index in [1.54, 1.807) is 0 Å². The van der Waals surface area contributed by atoms with Gasteiger partial charge in [-0.2, -0.15) is 0 Å². The Morgan fingerprint density at radius 2 is 1.95 bits per heavy atom. The molecule has 3 heteroatoms. The molecule has 0 amide bonds. The second-order valence-corrected chi connectivity index (χ2v) is 6.06. The summed E-state index contributed by atoms with van der Waals surface area (Å²) in [6.07, 6.45) is 3.64. The largest absolute Gasteiger partial charge is 0.441 e. The number of nitrogens with zero attached hydrogens (tertiary/aromatic N) is 1. The fourth-order valence-electron chi connectivity index (χ4n) is 2.16. The first-order chi connectivity index (χ1) is 9.49. The highest BCUT2D eigenvalue weighted by atomic mass is 16.4. The maximum absolute atomic E-state index is 5.88. The topological polar surface area (TPSA) is 38.1 Å². The van der Waals surface area contributed by atoms with Crippen LogP contribution < -0.4 is 5.32 Å². The second kappa shape index (κ2) is 6.23. The van der Waals surface area contributed by atoms with Crippen molar-refractivity contribution >= 4 is 0 Å². The van der Waals surface area contributed by atoms with E-state index in [0.29, 0.717) is 0 Å². The minimum absolute atomic E-state index is 0.129. The lowest BCUT2D eigenvalue weighted by Crippen LogP contribution is -2.37. The molecule has 3 nitrogen and oxygen atoms in total. The van der Waals surface area contributed by atoms with Crippen LogP contribution in [0.2, 0.25) is 0 Å². The summed E-state index contributed by atoms with van der Waals surface area (Å²) in [5.41, 5.74) is 2.57. The van der Waals surface area contributed by atoms with Crippen molar-refractivity contribution in [3.05, 3.63) is 41.9 Å². The standard InChI is InChI=1S/C17H24N2O/c1-5-13-8-6-7-9-14(13)15-12-18-16(20-15)10-11-19-17(2,3)4/h6-9,12,19H,5,10-11H2,1-4H3. The summed E-state index contributed by atoms with van der Waals surface area (Å²) in [5, 5.41) is 3.44. The summed E-state index contributed by atoms with van der Waals surface area (Å²) < 4.78 is 5.88. The van der Waals surface area contributed by atoms with E-state index in [9.17, 15) is 0 Å². The zero-order chi connectivity index (χ0) is 14.6. The third kappa shape index (κ3) is 3.94. The Kier molecular flexibility index (Phi) is 4.61. The number of oxazole rings is 1. The molecule has 0 saturated carbocycles. The van der Waals surface area contributed by atoms with Gasteiger partial charge in [0.25, 0.3) is 0 Å². The van der Waals surface area contributed by atoms with Crippen molar-refractivity contribution in [3.63, 3.8) is 0 Å². The third-order valence-electron chi connectivity index (χ3n) is 3.21. The normalized spacial score (nSPS) is 11.8. The Bertz CT molecular complexity index is 552. The SMILES string of the molecule is CCc1ccccc1-c1cnc(CCNC(C)(C)C)o1. The van der Waals surface area contributed by atoms with Crippen LogP contribution in [-0.4, -0.2) is 17.1 Å². The smallest absolute Gasteiger partial charge is 0.196 e. The van der Waals surface area contributed by atoms with Crippen molar-refractivity contribution in [2.75, 3.05) is 6.54 Å². The second-order valence-electron chi connectivity index (χ2n) is 6.06. The van der Waals surface area contributed by atoms with E-state index in [-0.39, 0.29) is 5.54 Å². The molecule has 2 aromatic rings. The average Bonchev–Trinajstić information content (AvgIpc) is 2.86. The van der Waals surface area contributed by atoms with Crippen molar-refractivity contribution < 1.29 is 4.42 Å². The van der Waals surface area contributed by atoms with E-state index in [4.69, 9.17) is 4.42 Å². The van der Waals surface area contributed by atoms with Crippen LogP contribution in [0.4, 0.5) is 0 Å². The predicted octanol–water partition coefficient (Wildman–Crippen LogP) is 3.83. The molecular formula is C17H24N2O. The monoisotopic (exact) mass is 272 g/mol. The molecule has 2 rings (SSSR count). The van der Waals surface area contributed by atoms with Crippen molar-refractivity contribution in [2.45, 2.75) is 46.1 Å². The van der Waals surface area contributed by atoms with Crippen LogP contribution in [0.5, 0.6) is 0 Å². The van der Waals surface area contributed by atoms with Gasteiger partial charge >= 0.3 is 0 Å². The molecular weight excluding hydrogens is 248 g/mol. The lowest BCUT2D eigenvalue weighted by molar-refractivity contribution is 0.411. The number of aromatic nitrogens is 1. The van der Waals surface area contributed by atoms with Crippen molar-refractivity contribution in [3.8, 4) is 11.3 Å². The van der Waals surface area contributed by atoms with E-state index in [1.807, 2.05) is 12.3 Å². The molecule has 0 fully saturated rings. The molecule has 0 bridgehead atoms. The molecule has 108 valence electrons. The number of hydrogen-bond donors (Lipinski definition) is 1. The molecule has 0 saturated heterocycles. The van der Waals surface area contributed by atoms with Gasteiger partial charge in [-0.15, -0.1) is 0 Å². The summed E-state index contributed by atoms with van der Waals surface area (Å²) in [6, 6.07) is 8.33. The molecule has 0 radical (unpaired) electrons. The molecule has 0 aliphatic carbocycles. The summed E-state index contributed by atoms with van der Waals surface area (Å²) in [7, 11) is 0.